The van der Waals surface area contributed by atoms with Crippen LogP contribution in [-0.4, -0.2) is 30.5 Å². The summed E-state index contributed by atoms with van der Waals surface area (Å²) in [4.78, 5) is 8.83. The van der Waals surface area contributed by atoms with E-state index in [-0.39, 0.29) is 17.4 Å². The molecule has 136 valence electrons. The highest BCUT2D eigenvalue weighted by Crippen LogP contribution is 2.35. The maximum Gasteiger partial charge on any atom is 0.573 e. The Morgan fingerprint density at radius 1 is 1.20 bits per heavy atom. The van der Waals surface area contributed by atoms with Gasteiger partial charge in [0.05, 0.1) is 25.8 Å². The molecule has 0 spiro atoms. The van der Waals surface area contributed by atoms with Crippen LogP contribution in [0, 0.1) is 0 Å². The number of hydrogen-bond acceptors (Lipinski definition) is 5. The molecule has 1 atom stereocenters. The maximum atomic E-state index is 12.5. The van der Waals surface area contributed by atoms with Crippen molar-refractivity contribution in [2.24, 2.45) is 0 Å². The predicted octanol–water partition coefficient (Wildman–Crippen LogP) is 4.41. The molecule has 0 radical (unpaired) electrons. The van der Waals surface area contributed by atoms with E-state index in [4.69, 9.17) is 9.47 Å². The van der Waals surface area contributed by atoms with Crippen molar-refractivity contribution >= 4 is 15.9 Å². The fraction of sp³-hybridized carbons (Fsp3) is 0.375. The number of aryl methyl sites for hydroxylation is 1. The zero-order valence-corrected chi connectivity index (χ0v) is 15.3. The van der Waals surface area contributed by atoms with Gasteiger partial charge in [0, 0.05) is 6.08 Å². The zero-order valence-electron chi connectivity index (χ0n) is 13.7. The Kier molecular flexibility index (Phi) is 6.10. The van der Waals surface area contributed by atoms with Crippen LogP contribution in [0.1, 0.15) is 24.2 Å². The lowest BCUT2D eigenvalue weighted by molar-refractivity contribution is -0.303. The number of halogens is 4. The molecule has 0 aromatic carbocycles. The summed E-state index contributed by atoms with van der Waals surface area (Å²) in [5, 5.41) is 0. The summed E-state index contributed by atoms with van der Waals surface area (Å²) >= 11 is 3.32. The Labute approximate surface area is 151 Å². The Morgan fingerprint density at radius 2 is 1.92 bits per heavy atom. The highest BCUT2D eigenvalue weighted by Gasteiger charge is 2.33. The molecule has 0 aliphatic heterocycles. The van der Waals surface area contributed by atoms with Gasteiger partial charge in [-0.25, -0.2) is 9.97 Å². The van der Waals surface area contributed by atoms with Crippen molar-refractivity contribution in [3.63, 3.8) is 0 Å². The monoisotopic (exact) mass is 420 g/mol. The van der Waals surface area contributed by atoms with Gasteiger partial charge in [-0.3, -0.25) is 0 Å². The molecule has 0 saturated heterocycles. The van der Waals surface area contributed by atoms with Crippen LogP contribution >= 0.6 is 15.9 Å². The molecule has 0 N–H and O–H groups in total. The molecule has 1 aromatic heterocycles. The summed E-state index contributed by atoms with van der Waals surface area (Å²) in [6, 6.07) is 0. The smallest absolute Gasteiger partial charge is 0.500 e. The zero-order chi connectivity index (χ0) is 18.6. The first-order valence-corrected chi connectivity index (χ1v) is 8.08. The van der Waals surface area contributed by atoms with Crippen molar-refractivity contribution in [1.82, 2.24) is 9.97 Å². The van der Waals surface area contributed by atoms with Crippen molar-refractivity contribution in [2.75, 3.05) is 14.2 Å². The Balaban J connectivity index is 2.48. The second kappa shape index (κ2) is 7.90. The normalized spacial score (nSPS) is 17.5. The van der Waals surface area contributed by atoms with Gasteiger partial charge in [0.25, 0.3) is 0 Å². The van der Waals surface area contributed by atoms with Crippen LogP contribution in [0.5, 0.6) is 5.88 Å². The Morgan fingerprint density at radius 3 is 2.48 bits per heavy atom. The molecule has 1 unspecified atom stereocenters. The minimum Gasteiger partial charge on any atom is -0.500 e. The fourth-order valence-corrected chi connectivity index (χ4v) is 2.80. The molecule has 25 heavy (non-hydrogen) atoms. The van der Waals surface area contributed by atoms with E-state index in [9.17, 15) is 13.2 Å². The van der Waals surface area contributed by atoms with E-state index in [1.807, 2.05) is 6.92 Å². The lowest BCUT2D eigenvalue weighted by Gasteiger charge is -2.18. The molecular weight excluding hydrogens is 405 g/mol. The summed E-state index contributed by atoms with van der Waals surface area (Å²) in [6.07, 6.45) is 1.29. The highest BCUT2D eigenvalue weighted by molar-refractivity contribution is 9.10. The Hall–Kier alpha value is -2.03. The molecule has 1 aliphatic carbocycles. The number of allylic oxidation sites excluding steroid dienone is 4. The van der Waals surface area contributed by atoms with Gasteiger partial charge in [-0.1, -0.05) is 19.1 Å². The Bertz CT molecular complexity index is 730. The molecule has 1 aromatic rings. The number of rotatable bonds is 5. The minimum atomic E-state index is -4.79. The third-order valence-electron chi connectivity index (χ3n) is 3.36. The third kappa shape index (κ3) is 4.75. The van der Waals surface area contributed by atoms with E-state index in [0.29, 0.717) is 22.4 Å². The summed E-state index contributed by atoms with van der Waals surface area (Å²) in [5.41, 5.74) is 1.14. The first kappa shape index (κ1) is 19.3. The highest BCUT2D eigenvalue weighted by atomic mass is 79.9. The van der Waals surface area contributed by atoms with E-state index < -0.39 is 12.3 Å². The number of ether oxygens (including phenoxy) is 3. The van der Waals surface area contributed by atoms with Crippen LogP contribution in [0.3, 0.4) is 0 Å². The molecule has 0 amide bonds. The molecule has 9 heteroatoms. The van der Waals surface area contributed by atoms with E-state index in [0.717, 1.165) is 0 Å². The van der Waals surface area contributed by atoms with Gasteiger partial charge in [0.15, 0.2) is 0 Å². The van der Waals surface area contributed by atoms with Crippen LogP contribution in [0.2, 0.25) is 0 Å². The predicted molar refractivity (Wildman–Crippen MR) is 87.9 cm³/mol. The van der Waals surface area contributed by atoms with Crippen LogP contribution in [0.25, 0.3) is 0 Å². The van der Waals surface area contributed by atoms with Crippen LogP contribution in [-0.2, 0) is 15.9 Å². The number of aromatic nitrogens is 2. The van der Waals surface area contributed by atoms with Crippen molar-refractivity contribution in [1.29, 1.82) is 0 Å². The van der Waals surface area contributed by atoms with E-state index in [2.05, 4.69) is 30.6 Å². The average molecular weight is 421 g/mol. The molecule has 1 aliphatic rings. The number of nitrogens with zero attached hydrogens (tertiary/aromatic N) is 2. The second-order valence-corrected chi connectivity index (χ2v) is 5.69. The second-order valence-electron chi connectivity index (χ2n) is 4.94. The summed E-state index contributed by atoms with van der Waals surface area (Å²) in [7, 11) is 2.81. The van der Waals surface area contributed by atoms with Gasteiger partial charge in [-0.2, -0.15) is 0 Å². The third-order valence-corrected chi connectivity index (χ3v) is 3.99. The largest absolute Gasteiger partial charge is 0.573 e. The van der Waals surface area contributed by atoms with Crippen molar-refractivity contribution in [3.05, 3.63) is 51.8 Å². The van der Waals surface area contributed by atoms with Gasteiger partial charge in [0.2, 0.25) is 5.88 Å². The first-order valence-electron chi connectivity index (χ1n) is 7.29. The quantitative estimate of drug-likeness (QED) is 0.705. The van der Waals surface area contributed by atoms with E-state index in [1.54, 1.807) is 6.08 Å². The van der Waals surface area contributed by atoms with Gasteiger partial charge >= 0.3 is 6.36 Å². The summed E-state index contributed by atoms with van der Waals surface area (Å²) in [5.74, 6) is -0.484. The molecular formula is C16H16BrF3N2O3. The van der Waals surface area contributed by atoms with Crippen LogP contribution < -0.4 is 4.74 Å². The molecule has 5 nitrogen and oxygen atoms in total. The molecule has 2 rings (SSSR count). The number of alkyl halides is 3. The van der Waals surface area contributed by atoms with Gasteiger partial charge in [-0.05, 0) is 28.4 Å². The van der Waals surface area contributed by atoms with Gasteiger partial charge in [0.1, 0.15) is 21.8 Å². The molecule has 0 fully saturated rings. The fourth-order valence-electron chi connectivity index (χ4n) is 2.27. The standard InChI is InChI=1S/C16H16BrF3N2O3/c1-4-11-14(17)22-15(24-3)13(21-11)10-7-5-6-9(8-12(10)23-2)25-16(18,19)20/h5-8,10H,4H2,1-3H3. The molecule has 1 heterocycles. The van der Waals surface area contributed by atoms with Gasteiger partial charge < -0.3 is 14.2 Å². The topological polar surface area (TPSA) is 53.5 Å². The molecule has 0 saturated carbocycles. The van der Waals surface area contributed by atoms with Crippen molar-refractivity contribution in [3.8, 4) is 5.88 Å². The summed E-state index contributed by atoms with van der Waals surface area (Å²) < 4.78 is 52.5. The first-order chi connectivity index (χ1) is 11.8. The lowest BCUT2D eigenvalue weighted by Crippen LogP contribution is -2.13. The average Bonchev–Trinajstić information content (AvgIpc) is 2.74. The minimum absolute atomic E-state index is 0.223. The van der Waals surface area contributed by atoms with Crippen LogP contribution in [0.4, 0.5) is 13.2 Å². The molecule has 0 bridgehead atoms. The lowest BCUT2D eigenvalue weighted by atomic mass is 10.0. The number of methoxy groups -OCH3 is 2. The van der Waals surface area contributed by atoms with E-state index >= 15 is 0 Å². The van der Waals surface area contributed by atoms with Gasteiger partial charge in [-0.15, -0.1) is 13.2 Å². The van der Waals surface area contributed by atoms with E-state index in [1.165, 1.54) is 32.4 Å². The maximum absolute atomic E-state index is 12.5. The van der Waals surface area contributed by atoms with Crippen molar-refractivity contribution < 1.29 is 27.4 Å². The van der Waals surface area contributed by atoms with Crippen LogP contribution in [0.15, 0.2) is 40.4 Å². The SMILES string of the molecule is CCc1nc(C2C=CC=C(OC(F)(F)F)C=C2OC)c(OC)nc1Br. The van der Waals surface area contributed by atoms with Crippen molar-refractivity contribution in [2.45, 2.75) is 25.6 Å². The number of hydrogen-bond donors (Lipinski definition) is 0. The summed E-state index contributed by atoms with van der Waals surface area (Å²) in [6.45, 7) is 1.91.